The quantitative estimate of drug-likeness (QED) is 0.269. The number of ether oxygens (including phenoxy) is 1. The van der Waals surface area contributed by atoms with Crippen molar-refractivity contribution in [2.45, 2.75) is 31.9 Å². The van der Waals surface area contributed by atoms with E-state index in [1.807, 2.05) is 61.5 Å². The number of likely N-dealkylation sites (N-methyl/N-ethyl adjacent to an activating group) is 1. The van der Waals surface area contributed by atoms with Crippen molar-refractivity contribution in [1.82, 2.24) is 19.8 Å². The minimum atomic E-state index is -1.00. The van der Waals surface area contributed by atoms with E-state index >= 15 is 0 Å². The summed E-state index contributed by atoms with van der Waals surface area (Å²) in [4.78, 5) is 41.8. The van der Waals surface area contributed by atoms with Crippen LogP contribution in [0.25, 0.3) is 22.3 Å². The first-order chi connectivity index (χ1) is 22.0. The van der Waals surface area contributed by atoms with Gasteiger partial charge >= 0.3 is 6.03 Å². The SMILES string of the molecule is CN(C)[C@@H]1CCN(C(=O)c2ccc(NC(=O)Nc3ccc(-c4nc(N5CCOCC5)c5ccc(C(C)(C)O)cc5n4)cc3)cc2)C1. The van der Waals surface area contributed by atoms with Gasteiger partial charge in [-0.2, -0.15) is 0 Å². The summed E-state index contributed by atoms with van der Waals surface area (Å²) in [5, 5.41) is 17.2. The lowest BCUT2D eigenvalue weighted by Crippen LogP contribution is -2.37. The van der Waals surface area contributed by atoms with Crippen molar-refractivity contribution in [2.75, 3.05) is 69.0 Å². The lowest BCUT2D eigenvalue weighted by atomic mass is 9.97. The van der Waals surface area contributed by atoms with Gasteiger partial charge in [-0.25, -0.2) is 14.8 Å². The van der Waals surface area contributed by atoms with E-state index in [-0.39, 0.29) is 5.91 Å². The first-order valence-corrected chi connectivity index (χ1v) is 15.7. The van der Waals surface area contributed by atoms with E-state index in [2.05, 4.69) is 20.4 Å². The van der Waals surface area contributed by atoms with Crippen LogP contribution >= 0.6 is 0 Å². The molecule has 6 rings (SSSR count). The molecule has 0 unspecified atom stereocenters. The molecule has 11 heteroatoms. The Morgan fingerprint density at radius 2 is 1.57 bits per heavy atom. The predicted octanol–water partition coefficient (Wildman–Crippen LogP) is 4.78. The molecular weight excluding hydrogens is 582 g/mol. The molecule has 240 valence electrons. The minimum absolute atomic E-state index is 0.00516. The summed E-state index contributed by atoms with van der Waals surface area (Å²) in [7, 11) is 4.07. The fourth-order valence-electron chi connectivity index (χ4n) is 5.86. The van der Waals surface area contributed by atoms with E-state index in [0.717, 1.165) is 60.4 Å². The molecule has 3 aromatic carbocycles. The van der Waals surface area contributed by atoms with Crippen molar-refractivity contribution in [1.29, 1.82) is 0 Å². The summed E-state index contributed by atoms with van der Waals surface area (Å²) < 4.78 is 5.56. The largest absolute Gasteiger partial charge is 0.386 e. The molecule has 0 aliphatic carbocycles. The average Bonchev–Trinajstić information content (AvgIpc) is 3.55. The summed E-state index contributed by atoms with van der Waals surface area (Å²) in [6.45, 7) is 7.69. The van der Waals surface area contributed by atoms with Gasteiger partial charge in [0.25, 0.3) is 5.91 Å². The normalized spacial score (nSPS) is 17.0. The highest BCUT2D eigenvalue weighted by atomic mass is 16.5. The fourth-order valence-corrected chi connectivity index (χ4v) is 5.86. The number of aromatic nitrogens is 2. The zero-order valence-electron chi connectivity index (χ0n) is 26.8. The van der Waals surface area contributed by atoms with Gasteiger partial charge in [-0.3, -0.25) is 4.79 Å². The van der Waals surface area contributed by atoms with E-state index in [1.54, 1.807) is 38.1 Å². The fraction of sp³-hybridized carbons (Fsp3) is 0.371. The number of likely N-dealkylation sites (tertiary alicyclic amines) is 1. The van der Waals surface area contributed by atoms with Crippen LogP contribution in [0.5, 0.6) is 0 Å². The topological polar surface area (TPSA) is 123 Å². The maximum absolute atomic E-state index is 12.9. The summed E-state index contributed by atoms with van der Waals surface area (Å²) in [6, 6.07) is 20.1. The second kappa shape index (κ2) is 13.0. The summed E-state index contributed by atoms with van der Waals surface area (Å²) >= 11 is 0. The van der Waals surface area contributed by atoms with E-state index in [0.29, 0.717) is 42.0 Å². The predicted molar refractivity (Wildman–Crippen MR) is 180 cm³/mol. The number of hydrogen-bond donors (Lipinski definition) is 3. The Bertz CT molecular complexity index is 1710. The number of urea groups is 1. The lowest BCUT2D eigenvalue weighted by Gasteiger charge is -2.29. The number of carbonyl (C=O) groups is 2. The van der Waals surface area contributed by atoms with Crippen molar-refractivity contribution < 1.29 is 19.4 Å². The molecule has 11 nitrogen and oxygen atoms in total. The first kappa shape index (κ1) is 31.4. The van der Waals surface area contributed by atoms with Gasteiger partial charge in [0.2, 0.25) is 0 Å². The summed E-state index contributed by atoms with van der Waals surface area (Å²) in [6.07, 6.45) is 0.967. The van der Waals surface area contributed by atoms with Gasteiger partial charge < -0.3 is 35.2 Å². The first-order valence-electron chi connectivity index (χ1n) is 15.7. The Balaban J connectivity index is 1.14. The van der Waals surface area contributed by atoms with E-state index in [4.69, 9.17) is 14.7 Å². The van der Waals surface area contributed by atoms with Crippen LogP contribution in [0.15, 0.2) is 66.7 Å². The monoisotopic (exact) mass is 623 g/mol. The molecule has 2 saturated heterocycles. The molecular formula is C35H41N7O4. The van der Waals surface area contributed by atoms with Gasteiger partial charge in [0, 0.05) is 60.1 Å². The van der Waals surface area contributed by atoms with Crippen LogP contribution in [0.1, 0.15) is 36.2 Å². The van der Waals surface area contributed by atoms with E-state index in [9.17, 15) is 14.7 Å². The molecule has 3 amide bonds. The molecule has 0 radical (unpaired) electrons. The zero-order chi connectivity index (χ0) is 32.4. The molecule has 3 N–H and O–H groups in total. The lowest BCUT2D eigenvalue weighted by molar-refractivity contribution is 0.0778. The molecule has 0 saturated carbocycles. The van der Waals surface area contributed by atoms with Gasteiger partial charge in [0.1, 0.15) is 5.82 Å². The van der Waals surface area contributed by atoms with Crippen molar-refractivity contribution in [3.63, 3.8) is 0 Å². The van der Waals surface area contributed by atoms with Gasteiger partial charge in [-0.1, -0.05) is 6.07 Å². The molecule has 2 aliphatic rings. The van der Waals surface area contributed by atoms with Gasteiger partial charge in [-0.05, 0) is 101 Å². The Kier molecular flexibility index (Phi) is 8.90. The van der Waals surface area contributed by atoms with E-state index in [1.165, 1.54) is 0 Å². The molecule has 0 bridgehead atoms. The smallest absolute Gasteiger partial charge is 0.323 e. The maximum Gasteiger partial charge on any atom is 0.323 e. The van der Waals surface area contributed by atoms with Crippen molar-refractivity contribution >= 4 is 40.0 Å². The van der Waals surface area contributed by atoms with Crippen LogP contribution in [-0.4, -0.2) is 96.3 Å². The van der Waals surface area contributed by atoms with Crippen molar-refractivity contribution in [3.8, 4) is 11.4 Å². The summed E-state index contributed by atoms with van der Waals surface area (Å²) in [5.41, 5.74) is 3.11. The number of nitrogens with one attached hydrogen (secondary N) is 2. The van der Waals surface area contributed by atoms with Crippen LogP contribution in [-0.2, 0) is 10.3 Å². The van der Waals surface area contributed by atoms with Gasteiger partial charge in [0.15, 0.2) is 5.82 Å². The van der Waals surface area contributed by atoms with Gasteiger partial charge in [0.05, 0.1) is 24.3 Å². The third kappa shape index (κ3) is 6.96. The van der Waals surface area contributed by atoms with Crippen LogP contribution in [0.2, 0.25) is 0 Å². The van der Waals surface area contributed by atoms with E-state index < -0.39 is 11.6 Å². The van der Waals surface area contributed by atoms with Gasteiger partial charge in [-0.15, -0.1) is 0 Å². The number of hydrogen-bond acceptors (Lipinski definition) is 8. The van der Waals surface area contributed by atoms with Crippen molar-refractivity contribution in [2.24, 2.45) is 0 Å². The second-order valence-electron chi connectivity index (χ2n) is 12.7. The third-order valence-electron chi connectivity index (χ3n) is 8.67. The molecule has 1 atom stereocenters. The standard InChI is InChI=1S/C35H41N7O4/c1-35(2,45)25-9-14-29-30(21-25)38-31(39-32(29)41-17-19-46-20-18-41)23-5-10-26(11-6-23)36-34(44)37-27-12-7-24(8-13-27)33(43)42-16-15-28(22-42)40(3)4/h5-14,21,28,45H,15-20,22H2,1-4H3,(H2,36,37,44)/t28-/m1/s1. The Morgan fingerprint density at radius 1 is 0.913 bits per heavy atom. The maximum atomic E-state index is 12.9. The zero-order valence-corrected chi connectivity index (χ0v) is 26.8. The van der Waals surface area contributed by atoms with Crippen LogP contribution in [0, 0.1) is 0 Å². The highest BCUT2D eigenvalue weighted by molar-refractivity contribution is 6.00. The Hall–Kier alpha value is -4.58. The Labute approximate surface area is 269 Å². The summed E-state index contributed by atoms with van der Waals surface area (Å²) in [5.74, 6) is 1.39. The Morgan fingerprint density at radius 3 is 2.17 bits per heavy atom. The number of amides is 3. The number of benzene rings is 3. The molecule has 4 aromatic rings. The highest BCUT2D eigenvalue weighted by Gasteiger charge is 2.28. The highest BCUT2D eigenvalue weighted by Crippen LogP contribution is 2.32. The second-order valence-corrected chi connectivity index (χ2v) is 12.7. The van der Waals surface area contributed by atoms with Crippen molar-refractivity contribution in [3.05, 3.63) is 77.9 Å². The molecule has 2 fully saturated rings. The van der Waals surface area contributed by atoms with Crippen LogP contribution in [0.3, 0.4) is 0 Å². The number of aliphatic hydroxyl groups is 1. The average molecular weight is 624 g/mol. The molecule has 0 spiro atoms. The van der Waals surface area contributed by atoms with Crippen LogP contribution < -0.4 is 15.5 Å². The molecule has 3 heterocycles. The molecule has 46 heavy (non-hydrogen) atoms. The number of carbonyl (C=O) groups excluding carboxylic acids is 2. The van der Waals surface area contributed by atoms with Crippen LogP contribution in [0.4, 0.5) is 22.0 Å². The number of morpholine rings is 1. The number of anilines is 3. The number of nitrogens with zero attached hydrogens (tertiary/aromatic N) is 5. The number of rotatable bonds is 7. The molecule has 1 aromatic heterocycles. The molecule has 2 aliphatic heterocycles. The minimum Gasteiger partial charge on any atom is -0.386 e. The third-order valence-corrected chi connectivity index (χ3v) is 8.67. The number of fused-ring (bicyclic) bond motifs is 1.